The first kappa shape index (κ1) is 24.5. The molecule has 0 fully saturated rings. The van der Waals surface area contributed by atoms with Crippen LogP contribution in [0.4, 0.5) is 18.9 Å². The van der Waals surface area contributed by atoms with Crippen molar-refractivity contribution in [3.8, 4) is 23.2 Å². The van der Waals surface area contributed by atoms with E-state index in [0.717, 1.165) is 22.5 Å². The molecule has 182 valence electrons. The van der Waals surface area contributed by atoms with Crippen LogP contribution in [-0.2, 0) is 6.18 Å². The largest absolute Gasteiger partial charge is 0.478 e. The maximum absolute atomic E-state index is 13.4. The third-order valence-corrected chi connectivity index (χ3v) is 5.32. The molecule has 1 aromatic heterocycles. The van der Waals surface area contributed by atoms with E-state index in [1.54, 1.807) is 42.5 Å². The molecular weight excluding hydrogens is 471 g/mol. The number of nitrogens with zero attached hydrogens (tertiary/aromatic N) is 5. The molecule has 0 amide bonds. The number of benzene rings is 3. The van der Waals surface area contributed by atoms with Gasteiger partial charge in [0.2, 0.25) is 0 Å². The third-order valence-electron chi connectivity index (χ3n) is 5.32. The number of anilines is 1. The first-order valence-electron chi connectivity index (χ1n) is 10.7. The summed E-state index contributed by atoms with van der Waals surface area (Å²) in [6, 6.07) is 18.2. The molecule has 3 aromatic carbocycles. The van der Waals surface area contributed by atoms with Crippen LogP contribution in [-0.4, -0.2) is 36.6 Å². The van der Waals surface area contributed by atoms with Crippen molar-refractivity contribution in [2.24, 2.45) is 5.10 Å². The lowest BCUT2D eigenvalue weighted by atomic mass is 10.1. The van der Waals surface area contributed by atoms with Gasteiger partial charge in [-0.15, -0.1) is 0 Å². The molecule has 0 radical (unpaired) electrons. The topological polar surface area (TPSA) is 83.5 Å². The van der Waals surface area contributed by atoms with Crippen LogP contribution in [0.25, 0.3) is 22.3 Å². The number of fused-ring (bicyclic) bond motifs is 1. The standard InChI is InChI=1S/C26H20F3N5O2/c1-33(2)20-11-10-18(23(15-20)36-13-12-30)16-31-34-24(17-6-5-7-19(14-17)26(27,28)29)32-22-9-4-3-8-21(22)25(34)35/h3-11,14-16H,13H2,1-2H3. The molecule has 0 unspecified atom stereocenters. The quantitative estimate of drug-likeness (QED) is 0.357. The molecule has 0 spiro atoms. The number of aromatic nitrogens is 2. The summed E-state index contributed by atoms with van der Waals surface area (Å²) in [5, 5.41) is 13.5. The van der Waals surface area contributed by atoms with Gasteiger partial charge in [-0.3, -0.25) is 4.79 Å². The van der Waals surface area contributed by atoms with E-state index in [1.165, 1.54) is 18.3 Å². The van der Waals surface area contributed by atoms with Gasteiger partial charge in [-0.05, 0) is 36.4 Å². The fourth-order valence-corrected chi connectivity index (χ4v) is 3.52. The van der Waals surface area contributed by atoms with E-state index in [1.807, 2.05) is 25.1 Å². The number of nitriles is 1. The number of ether oxygens (including phenoxy) is 1. The number of hydrogen-bond acceptors (Lipinski definition) is 6. The van der Waals surface area contributed by atoms with Gasteiger partial charge >= 0.3 is 6.18 Å². The molecule has 36 heavy (non-hydrogen) atoms. The highest BCUT2D eigenvalue weighted by atomic mass is 19.4. The fraction of sp³-hybridized carbons (Fsp3) is 0.154. The Labute approximate surface area is 204 Å². The molecule has 0 saturated carbocycles. The zero-order chi connectivity index (χ0) is 25.9. The lowest BCUT2D eigenvalue weighted by Gasteiger charge is -2.15. The Balaban J connectivity index is 1.90. The zero-order valence-corrected chi connectivity index (χ0v) is 19.3. The number of alkyl halides is 3. The molecule has 0 bridgehead atoms. The number of rotatable bonds is 6. The minimum atomic E-state index is -4.57. The molecule has 4 rings (SSSR count). The molecule has 0 aliphatic heterocycles. The van der Waals surface area contributed by atoms with E-state index in [-0.39, 0.29) is 23.4 Å². The van der Waals surface area contributed by atoms with Crippen LogP contribution in [0.5, 0.6) is 5.75 Å². The maximum atomic E-state index is 13.4. The van der Waals surface area contributed by atoms with Crippen molar-refractivity contribution in [2.75, 3.05) is 25.6 Å². The number of halogens is 3. The predicted octanol–water partition coefficient (Wildman–Crippen LogP) is 4.93. The summed E-state index contributed by atoms with van der Waals surface area (Å²) in [4.78, 5) is 19.6. The van der Waals surface area contributed by atoms with E-state index in [2.05, 4.69) is 10.1 Å². The summed E-state index contributed by atoms with van der Waals surface area (Å²) in [6.45, 7) is -0.204. The predicted molar refractivity (Wildman–Crippen MR) is 131 cm³/mol. The monoisotopic (exact) mass is 491 g/mol. The van der Waals surface area contributed by atoms with Crippen LogP contribution in [0.1, 0.15) is 11.1 Å². The van der Waals surface area contributed by atoms with Crippen molar-refractivity contribution in [3.05, 3.63) is 88.2 Å². The second kappa shape index (κ2) is 9.92. The van der Waals surface area contributed by atoms with Gasteiger partial charge in [-0.25, -0.2) is 4.98 Å². The van der Waals surface area contributed by atoms with E-state index < -0.39 is 17.3 Å². The van der Waals surface area contributed by atoms with Gasteiger partial charge in [-0.1, -0.05) is 24.3 Å². The summed E-state index contributed by atoms with van der Waals surface area (Å²) in [7, 11) is 3.69. The summed E-state index contributed by atoms with van der Waals surface area (Å²) in [6.07, 6.45) is -3.22. The average molecular weight is 491 g/mol. The number of hydrogen-bond donors (Lipinski definition) is 0. The van der Waals surface area contributed by atoms with Crippen molar-refractivity contribution in [1.29, 1.82) is 5.26 Å². The Kier molecular flexibility index (Phi) is 6.74. The fourth-order valence-electron chi connectivity index (χ4n) is 3.52. The lowest BCUT2D eigenvalue weighted by molar-refractivity contribution is -0.137. The van der Waals surface area contributed by atoms with Gasteiger partial charge in [0, 0.05) is 37.0 Å². The first-order chi connectivity index (χ1) is 17.2. The van der Waals surface area contributed by atoms with Gasteiger partial charge < -0.3 is 9.64 Å². The van der Waals surface area contributed by atoms with Crippen molar-refractivity contribution < 1.29 is 17.9 Å². The van der Waals surface area contributed by atoms with Crippen LogP contribution in [0.15, 0.2) is 76.6 Å². The van der Waals surface area contributed by atoms with Crippen LogP contribution in [0.2, 0.25) is 0 Å². The van der Waals surface area contributed by atoms with Gasteiger partial charge in [0.1, 0.15) is 11.8 Å². The second-order valence-corrected chi connectivity index (χ2v) is 7.96. The van der Waals surface area contributed by atoms with Crippen LogP contribution in [0, 0.1) is 11.3 Å². The molecule has 7 nitrogen and oxygen atoms in total. The minimum absolute atomic E-state index is 0.0505. The summed E-state index contributed by atoms with van der Waals surface area (Å²) < 4.78 is 46.6. The second-order valence-electron chi connectivity index (χ2n) is 7.96. The minimum Gasteiger partial charge on any atom is -0.478 e. The molecule has 10 heteroatoms. The van der Waals surface area contributed by atoms with Crippen molar-refractivity contribution >= 4 is 22.8 Å². The highest BCUT2D eigenvalue weighted by Gasteiger charge is 2.31. The molecular formula is C26H20F3N5O2. The normalized spacial score (nSPS) is 11.6. The first-order valence-corrected chi connectivity index (χ1v) is 10.7. The lowest BCUT2D eigenvalue weighted by Crippen LogP contribution is -2.20. The van der Waals surface area contributed by atoms with Crippen LogP contribution in [0.3, 0.4) is 0 Å². The van der Waals surface area contributed by atoms with E-state index in [4.69, 9.17) is 10.00 Å². The zero-order valence-electron chi connectivity index (χ0n) is 19.3. The Morgan fingerprint density at radius 3 is 2.61 bits per heavy atom. The average Bonchev–Trinajstić information content (AvgIpc) is 2.86. The van der Waals surface area contributed by atoms with Gasteiger partial charge in [-0.2, -0.15) is 28.2 Å². The van der Waals surface area contributed by atoms with Crippen molar-refractivity contribution in [1.82, 2.24) is 9.66 Å². The smallest absolute Gasteiger partial charge is 0.416 e. The highest BCUT2D eigenvalue weighted by Crippen LogP contribution is 2.32. The highest BCUT2D eigenvalue weighted by molar-refractivity contribution is 5.85. The molecule has 0 aliphatic rings. The molecule has 4 aromatic rings. The Hall–Kier alpha value is -4.65. The van der Waals surface area contributed by atoms with Gasteiger partial charge in [0.25, 0.3) is 5.56 Å². The molecule has 0 saturated heterocycles. The van der Waals surface area contributed by atoms with Crippen molar-refractivity contribution in [3.63, 3.8) is 0 Å². The summed E-state index contributed by atoms with van der Waals surface area (Å²) in [5.41, 5.74) is 0.265. The third kappa shape index (κ3) is 5.05. The van der Waals surface area contributed by atoms with Gasteiger partial charge in [0.05, 0.1) is 22.7 Å². The Morgan fingerprint density at radius 2 is 1.89 bits per heavy atom. The number of para-hydroxylation sites is 1. The molecule has 1 heterocycles. The van der Waals surface area contributed by atoms with Gasteiger partial charge in [0.15, 0.2) is 12.4 Å². The van der Waals surface area contributed by atoms with E-state index in [9.17, 15) is 18.0 Å². The molecule has 0 atom stereocenters. The Morgan fingerprint density at radius 1 is 1.11 bits per heavy atom. The molecule has 0 aliphatic carbocycles. The SMILES string of the molecule is CN(C)c1ccc(C=Nn2c(-c3cccc(C(F)(F)F)c3)nc3ccccc3c2=O)c(OCC#N)c1. The maximum Gasteiger partial charge on any atom is 0.416 e. The van der Waals surface area contributed by atoms with Crippen LogP contribution < -0.4 is 15.2 Å². The van der Waals surface area contributed by atoms with E-state index >= 15 is 0 Å². The van der Waals surface area contributed by atoms with E-state index in [0.29, 0.717) is 16.8 Å². The van der Waals surface area contributed by atoms with Crippen LogP contribution >= 0.6 is 0 Å². The molecule has 0 N–H and O–H groups in total. The Bertz CT molecular complexity index is 1550. The van der Waals surface area contributed by atoms with Crippen molar-refractivity contribution in [2.45, 2.75) is 6.18 Å². The summed E-state index contributed by atoms with van der Waals surface area (Å²) >= 11 is 0. The summed E-state index contributed by atoms with van der Waals surface area (Å²) in [5.74, 6) is 0.305.